The topological polar surface area (TPSA) is 7.94 Å². The van der Waals surface area contributed by atoms with Crippen molar-refractivity contribution in [3.05, 3.63) is 132 Å². The van der Waals surface area contributed by atoms with Gasteiger partial charge in [0.1, 0.15) is 12.3 Å². The zero-order valence-electron chi connectivity index (χ0n) is 25.8. The maximum Gasteiger partial charge on any atom is 0.203 e. The van der Waals surface area contributed by atoms with Crippen LogP contribution >= 0.6 is 11.8 Å². The Hall–Kier alpha value is -4.08. The van der Waals surface area contributed by atoms with Gasteiger partial charge >= 0.3 is 0 Å². The second kappa shape index (κ2) is 9.21. The lowest BCUT2D eigenvalue weighted by Crippen LogP contribution is -2.32. The van der Waals surface area contributed by atoms with Gasteiger partial charge in [0.25, 0.3) is 0 Å². The molecule has 2 aliphatic heterocycles. The lowest BCUT2D eigenvalue weighted by molar-refractivity contribution is -0.424. The molecule has 2 aliphatic rings. The standard InChI is InChI=1S/C39H35N2S/c1-24-26-12-6-7-13-27(26)33(39(2,3)4)23-31(24)37-38-30(20-21-40(37)5)32-22-25(18-19-36(32)42-38)41-34-16-10-8-14-28(34)29-15-9-11-17-35(29)41/h6-23,30,38H,1-5H3/q+1/i16D. The van der Waals surface area contributed by atoms with Crippen LogP contribution in [-0.4, -0.2) is 27.2 Å². The Labute approximate surface area is 253 Å². The summed E-state index contributed by atoms with van der Waals surface area (Å²) in [6.45, 7) is 9.27. The van der Waals surface area contributed by atoms with Gasteiger partial charge in [-0.05, 0) is 82.3 Å². The predicted octanol–water partition coefficient (Wildman–Crippen LogP) is 9.76. The zero-order valence-corrected chi connectivity index (χ0v) is 25.6. The number of hydrogen-bond acceptors (Lipinski definition) is 1. The largest absolute Gasteiger partial charge is 0.309 e. The van der Waals surface area contributed by atoms with E-state index in [1.54, 1.807) is 0 Å². The summed E-state index contributed by atoms with van der Waals surface area (Å²) < 4.78 is 13.5. The molecule has 0 bridgehead atoms. The number of benzene rings is 5. The summed E-state index contributed by atoms with van der Waals surface area (Å²) in [5.41, 5.74) is 10.1. The number of rotatable bonds is 2. The van der Waals surface area contributed by atoms with Crippen LogP contribution in [0.3, 0.4) is 0 Å². The molecule has 3 heteroatoms. The fourth-order valence-corrected chi connectivity index (χ4v) is 8.75. The first-order valence-corrected chi connectivity index (χ1v) is 15.7. The van der Waals surface area contributed by atoms with Gasteiger partial charge in [-0.15, -0.1) is 11.8 Å². The van der Waals surface area contributed by atoms with Crippen LogP contribution in [0.1, 0.15) is 50.3 Å². The summed E-state index contributed by atoms with van der Waals surface area (Å²) in [7, 11) is 2.20. The van der Waals surface area contributed by atoms with Gasteiger partial charge in [0.15, 0.2) is 6.20 Å². The molecule has 1 aromatic heterocycles. The Morgan fingerprint density at radius 3 is 2.29 bits per heavy atom. The minimum Gasteiger partial charge on any atom is -0.309 e. The van der Waals surface area contributed by atoms with Gasteiger partial charge in [-0.3, -0.25) is 0 Å². The number of thioether (sulfide) groups is 1. The Balaban J connectivity index is 1.29. The monoisotopic (exact) mass is 564 g/mol. The third kappa shape index (κ3) is 3.69. The smallest absolute Gasteiger partial charge is 0.203 e. The quantitative estimate of drug-likeness (QED) is 0.190. The second-order valence-corrected chi connectivity index (χ2v) is 14.0. The SMILES string of the molecule is [2H]c1cccc2c3ccccc3n(-c3ccc4c(c3)C3C=C[N+](C)=C(c5cc(C(C)(C)C)c6ccccc6c5C)C3S4)c12. The molecule has 0 N–H and O–H groups in total. The number of allylic oxidation sites excluding steroid dienone is 1. The molecule has 2 nitrogen and oxygen atoms in total. The van der Waals surface area contributed by atoms with Crippen molar-refractivity contribution in [2.24, 2.45) is 0 Å². The van der Waals surface area contributed by atoms with Crippen LogP contribution in [0.2, 0.25) is 0 Å². The fraction of sp³-hybridized carbons (Fsp3) is 0.205. The third-order valence-corrected chi connectivity index (χ3v) is 10.6. The Morgan fingerprint density at radius 1 is 0.810 bits per heavy atom. The molecule has 0 radical (unpaired) electrons. The Bertz CT molecular complexity index is 2190. The Morgan fingerprint density at radius 2 is 1.50 bits per heavy atom. The number of aryl methyl sites for hydroxylation is 1. The molecule has 206 valence electrons. The van der Waals surface area contributed by atoms with Gasteiger partial charge in [0, 0.05) is 32.8 Å². The van der Waals surface area contributed by atoms with Crippen LogP contribution in [-0.2, 0) is 5.41 Å². The van der Waals surface area contributed by atoms with E-state index in [9.17, 15) is 0 Å². The summed E-state index contributed by atoms with van der Waals surface area (Å²) in [5, 5.41) is 5.31. The average molecular weight is 565 g/mol. The molecule has 3 heterocycles. The van der Waals surface area contributed by atoms with Crippen molar-refractivity contribution in [2.45, 2.75) is 49.2 Å². The van der Waals surface area contributed by atoms with Crippen molar-refractivity contribution in [3.8, 4) is 5.69 Å². The highest BCUT2D eigenvalue weighted by Crippen LogP contribution is 2.50. The molecular formula is C39H35N2S+. The predicted molar refractivity (Wildman–Crippen MR) is 180 cm³/mol. The van der Waals surface area contributed by atoms with Crippen LogP contribution in [0.15, 0.2) is 114 Å². The normalized spacial score (nSPS) is 18.6. The van der Waals surface area contributed by atoms with Crippen molar-refractivity contribution >= 4 is 50.1 Å². The van der Waals surface area contributed by atoms with Gasteiger partial charge in [-0.25, -0.2) is 4.58 Å². The van der Waals surface area contributed by atoms with E-state index < -0.39 is 0 Å². The van der Waals surface area contributed by atoms with E-state index in [0.29, 0.717) is 6.04 Å². The number of para-hydroxylation sites is 2. The highest BCUT2D eigenvalue weighted by Gasteiger charge is 2.43. The molecule has 0 spiro atoms. The molecule has 42 heavy (non-hydrogen) atoms. The first-order valence-electron chi connectivity index (χ1n) is 15.3. The maximum atomic E-state index is 8.82. The van der Waals surface area contributed by atoms with Crippen LogP contribution in [0, 0.1) is 6.92 Å². The number of hydrogen-bond donors (Lipinski definition) is 0. The van der Waals surface area contributed by atoms with Crippen molar-refractivity contribution in [1.29, 1.82) is 0 Å². The molecule has 2 unspecified atom stereocenters. The van der Waals surface area contributed by atoms with E-state index in [-0.39, 0.29) is 16.6 Å². The van der Waals surface area contributed by atoms with Gasteiger partial charge in [-0.1, -0.05) is 81.4 Å². The van der Waals surface area contributed by atoms with Crippen LogP contribution < -0.4 is 0 Å². The van der Waals surface area contributed by atoms with E-state index in [4.69, 9.17) is 1.37 Å². The molecular weight excluding hydrogens is 529 g/mol. The van der Waals surface area contributed by atoms with Crippen LogP contribution in [0.25, 0.3) is 38.3 Å². The van der Waals surface area contributed by atoms with E-state index in [2.05, 4.69) is 135 Å². The number of fused-ring (bicyclic) bond motifs is 7. The van der Waals surface area contributed by atoms with Gasteiger partial charge in [0.05, 0.1) is 12.4 Å². The fourth-order valence-electron chi connectivity index (χ4n) is 7.21. The van der Waals surface area contributed by atoms with Gasteiger partial charge in [0.2, 0.25) is 5.71 Å². The van der Waals surface area contributed by atoms with E-state index in [0.717, 1.165) is 22.1 Å². The average Bonchev–Trinajstić information content (AvgIpc) is 3.53. The van der Waals surface area contributed by atoms with Crippen molar-refractivity contribution < 1.29 is 5.95 Å². The molecule has 0 fully saturated rings. The molecule has 2 atom stereocenters. The van der Waals surface area contributed by atoms with Gasteiger partial charge < -0.3 is 4.57 Å². The zero-order chi connectivity index (χ0) is 29.6. The molecule has 8 rings (SSSR count). The van der Waals surface area contributed by atoms with Crippen molar-refractivity contribution in [2.75, 3.05) is 7.05 Å². The molecule has 0 saturated heterocycles. The highest BCUT2D eigenvalue weighted by molar-refractivity contribution is 8.01. The molecule has 0 aliphatic carbocycles. The number of nitrogens with zero attached hydrogens (tertiary/aromatic N) is 2. The first-order chi connectivity index (χ1) is 20.7. The lowest BCUT2D eigenvalue weighted by Gasteiger charge is -2.26. The van der Waals surface area contributed by atoms with Crippen LogP contribution in [0.4, 0.5) is 0 Å². The summed E-state index contributed by atoms with van der Waals surface area (Å²) in [4.78, 5) is 1.34. The van der Waals surface area contributed by atoms with Crippen LogP contribution in [0.5, 0.6) is 0 Å². The van der Waals surface area contributed by atoms with E-state index in [1.165, 1.54) is 49.0 Å². The third-order valence-electron chi connectivity index (χ3n) is 9.25. The minimum absolute atomic E-state index is 0.0325. The van der Waals surface area contributed by atoms with Crippen molar-refractivity contribution in [1.82, 2.24) is 4.57 Å². The van der Waals surface area contributed by atoms with Crippen molar-refractivity contribution in [3.63, 3.8) is 0 Å². The maximum absolute atomic E-state index is 8.82. The van der Waals surface area contributed by atoms with Gasteiger partial charge in [-0.2, -0.15) is 0 Å². The molecule has 5 aromatic carbocycles. The molecule has 0 saturated carbocycles. The minimum atomic E-state index is 0.0325. The summed E-state index contributed by atoms with van der Waals surface area (Å²) in [6, 6.07) is 33.4. The molecule has 0 amide bonds. The second-order valence-electron chi connectivity index (χ2n) is 12.8. The lowest BCUT2D eigenvalue weighted by atomic mass is 9.79. The highest BCUT2D eigenvalue weighted by atomic mass is 32.2. The Kier molecular flexibility index (Phi) is 5.37. The summed E-state index contributed by atoms with van der Waals surface area (Å²) in [6.07, 6.45) is 4.66. The summed E-state index contributed by atoms with van der Waals surface area (Å²) >= 11 is 1.99. The summed E-state index contributed by atoms with van der Waals surface area (Å²) in [5.74, 6) is 0.277. The van der Waals surface area contributed by atoms with E-state index in [1.807, 2.05) is 23.9 Å². The number of aromatic nitrogens is 1. The first kappa shape index (κ1) is 24.5. The van der Waals surface area contributed by atoms with E-state index >= 15 is 0 Å². The molecule has 6 aromatic rings.